The molecule has 0 aliphatic heterocycles. The largest absolute Gasteiger partial charge is 0.468 e. The normalized spacial score (nSPS) is 12.0. The molecule has 0 aliphatic carbocycles. The fourth-order valence-electron chi connectivity index (χ4n) is 2.65. The zero-order valence-electron chi connectivity index (χ0n) is 16.1. The van der Waals surface area contributed by atoms with Gasteiger partial charge in [-0.15, -0.1) is 0 Å². The highest BCUT2D eigenvalue weighted by atomic mass is 32.2. The minimum Gasteiger partial charge on any atom is -0.468 e. The predicted octanol–water partition coefficient (Wildman–Crippen LogP) is 3.07. The smallest absolute Gasteiger partial charge is 0.246 e. The van der Waals surface area contributed by atoms with Gasteiger partial charge in [0.15, 0.2) is 0 Å². The van der Waals surface area contributed by atoms with Crippen LogP contribution >= 0.6 is 0 Å². The Hall–Kier alpha value is -3.61. The van der Waals surface area contributed by atoms with Gasteiger partial charge in [0, 0.05) is 11.4 Å². The number of anilines is 2. The number of hydrogen-bond donors (Lipinski definition) is 3. The maximum absolute atomic E-state index is 12.5. The van der Waals surface area contributed by atoms with E-state index in [1.165, 1.54) is 18.4 Å². The van der Waals surface area contributed by atoms with E-state index in [1.54, 1.807) is 55.5 Å². The first-order chi connectivity index (χ1) is 14.4. The maximum Gasteiger partial charge on any atom is 0.246 e. The van der Waals surface area contributed by atoms with Crippen molar-refractivity contribution in [3.05, 3.63) is 78.3 Å². The Bertz CT molecular complexity index is 1170. The van der Waals surface area contributed by atoms with Crippen molar-refractivity contribution in [1.29, 1.82) is 5.26 Å². The predicted molar refractivity (Wildman–Crippen MR) is 112 cm³/mol. The van der Waals surface area contributed by atoms with E-state index in [9.17, 15) is 13.2 Å². The minimum atomic E-state index is -3.75. The van der Waals surface area contributed by atoms with Crippen LogP contribution in [0.4, 0.5) is 11.4 Å². The molecule has 3 rings (SSSR count). The van der Waals surface area contributed by atoms with E-state index in [0.29, 0.717) is 22.7 Å². The molecule has 1 heterocycles. The number of carbonyl (C=O) groups is 1. The molecule has 0 saturated carbocycles. The van der Waals surface area contributed by atoms with E-state index in [-0.39, 0.29) is 17.3 Å². The summed E-state index contributed by atoms with van der Waals surface area (Å²) in [6, 6.07) is 17.5. The fourth-order valence-corrected chi connectivity index (χ4v) is 3.69. The third kappa shape index (κ3) is 5.47. The van der Waals surface area contributed by atoms with E-state index < -0.39 is 16.1 Å². The molecule has 0 radical (unpaired) electrons. The molecule has 8 nitrogen and oxygen atoms in total. The second-order valence-electron chi connectivity index (χ2n) is 6.48. The minimum absolute atomic E-state index is 0.0353. The van der Waals surface area contributed by atoms with Gasteiger partial charge in [-0.1, -0.05) is 12.1 Å². The number of nitrogens with zero attached hydrogens (tertiary/aromatic N) is 1. The molecule has 2 aromatic carbocycles. The standard InChI is InChI=1S/C21H20N4O4S/c1-15(21(26)25-17-6-2-5-16(11-17)13-22)24-18-7-3-9-20(12-18)30(27,28)23-14-19-8-4-10-29-19/h2-12,15,23-24H,14H2,1H3,(H,25,26). The van der Waals surface area contributed by atoms with Gasteiger partial charge in [-0.3, -0.25) is 4.79 Å². The van der Waals surface area contributed by atoms with Crippen molar-refractivity contribution in [1.82, 2.24) is 4.72 Å². The third-order valence-corrected chi connectivity index (χ3v) is 5.60. The van der Waals surface area contributed by atoms with Gasteiger partial charge in [0.2, 0.25) is 15.9 Å². The fraction of sp³-hybridized carbons (Fsp3) is 0.143. The molecular weight excluding hydrogens is 404 g/mol. The van der Waals surface area contributed by atoms with Crippen LogP contribution in [0.15, 0.2) is 76.2 Å². The van der Waals surface area contributed by atoms with E-state index in [2.05, 4.69) is 15.4 Å². The number of carbonyl (C=O) groups excluding carboxylic acids is 1. The monoisotopic (exact) mass is 424 g/mol. The molecule has 3 N–H and O–H groups in total. The molecular formula is C21H20N4O4S. The lowest BCUT2D eigenvalue weighted by Gasteiger charge is -2.16. The Morgan fingerprint density at radius 2 is 1.87 bits per heavy atom. The van der Waals surface area contributed by atoms with Crippen LogP contribution in [0.5, 0.6) is 0 Å². The summed E-state index contributed by atoms with van der Waals surface area (Å²) in [5.74, 6) is 0.174. The molecule has 0 bridgehead atoms. The van der Waals surface area contributed by atoms with Crippen molar-refractivity contribution in [3.8, 4) is 6.07 Å². The van der Waals surface area contributed by atoms with Crippen LogP contribution in [0.25, 0.3) is 0 Å². The SMILES string of the molecule is CC(Nc1cccc(S(=O)(=O)NCc2ccco2)c1)C(=O)Nc1cccc(C#N)c1. The quantitative estimate of drug-likeness (QED) is 0.510. The average Bonchev–Trinajstić information content (AvgIpc) is 3.26. The van der Waals surface area contributed by atoms with Gasteiger partial charge in [-0.2, -0.15) is 5.26 Å². The van der Waals surface area contributed by atoms with E-state index >= 15 is 0 Å². The number of benzene rings is 2. The molecule has 3 aromatic rings. The Morgan fingerprint density at radius 1 is 1.10 bits per heavy atom. The second-order valence-corrected chi connectivity index (χ2v) is 8.25. The van der Waals surface area contributed by atoms with E-state index in [0.717, 1.165) is 0 Å². The molecule has 0 saturated heterocycles. The summed E-state index contributed by atoms with van der Waals surface area (Å²) in [4.78, 5) is 12.5. The lowest BCUT2D eigenvalue weighted by molar-refractivity contribution is -0.116. The molecule has 30 heavy (non-hydrogen) atoms. The summed E-state index contributed by atoms with van der Waals surface area (Å²) in [5, 5.41) is 14.7. The first kappa shape index (κ1) is 21.1. The van der Waals surface area contributed by atoms with E-state index in [4.69, 9.17) is 9.68 Å². The summed E-state index contributed by atoms with van der Waals surface area (Å²) in [6.07, 6.45) is 1.47. The van der Waals surface area contributed by atoms with Crippen molar-refractivity contribution < 1.29 is 17.6 Å². The second kappa shape index (κ2) is 9.26. The Labute approximate surface area is 174 Å². The number of sulfonamides is 1. The number of rotatable bonds is 8. The molecule has 1 amide bonds. The van der Waals surface area contributed by atoms with Crippen LogP contribution in [0.3, 0.4) is 0 Å². The number of amides is 1. The highest BCUT2D eigenvalue weighted by Gasteiger charge is 2.17. The topological polar surface area (TPSA) is 124 Å². The van der Waals surface area contributed by atoms with E-state index in [1.807, 2.05) is 6.07 Å². The van der Waals surface area contributed by atoms with Crippen LogP contribution in [-0.4, -0.2) is 20.4 Å². The van der Waals surface area contributed by atoms with Crippen LogP contribution in [-0.2, 0) is 21.4 Å². The Kier molecular flexibility index (Phi) is 6.51. The number of furan rings is 1. The van der Waals surface area contributed by atoms with Crippen molar-refractivity contribution >= 4 is 27.3 Å². The maximum atomic E-state index is 12.5. The highest BCUT2D eigenvalue weighted by Crippen LogP contribution is 2.17. The van der Waals surface area contributed by atoms with Crippen molar-refractivity contribution in [2.24, 2.45) is 0 Å². The molecule has 9 heteroatoms. The van der Waals surface area contributed by atoms with Crippen LogP contribution in [0.2, 0.25) is 0 Å². The third-order valence-electron chi connectivity index (χ3n) is 4.20. The summed E-state index contributed by atoms with van der Waals surface area (Å²) >= 11 is 0. The van der Waals surface area contributed by atoms with Crippen molar-refractivity contribution in [3.63, 3.8) is 0 Å². The zero-order chi connectivity index (χ0) is 21.6. The lowest BCUT2D eigenvalue weighted by atomic mass is 10.2. The summed E-state index contributed by atoms with van der Waals surface area (Å²) in [5.41, 5.74) is 1.42. The number of hydrogen-bond acceptors (Lipinski definition) is 6. The van der Waals surface area contributed by atoms with Crippen molar-refractivity contribution in [2.45, 2.75) is 24.4 Å². The summed E-state index contributed by atoms with van der Waals surface area (Å²) < 4.78 is 32.6. The lowest BCUT2D eigenvalue weighted by Crippen LogP contribution is -2.32. The first-order valence-electron chi connectivity index (χ1n) is 9.07. The van der Waals surface area contributed by atoms with Crippen LogP contribution in [0.1, 0.15) is 18.2 Å². The molecule has 154 valence electrons. The van der Waals surface area contributed by atoms with Crippen LogP contribution < -0.4 is 15.4 Å². The van der Waals surface area contributed by atoms with Gasteiger partial charge in [-0.05, 0) is 55.5 Å². The molecule has 0 aliphatic rings. The van der Waals surface area contributed by atoms with Gasteiger partial charge in [0.25, 0.3) is 0 Å². The highest BCUT2D eigenvalue weighted by molar-refractivity contribution is 7.89. The molecule has 1 aromatic heterocycles. The molecule has 0 fully saturated rings. The Balaban J connectivity index is 1.65. The van der Waals surface area contributed by atoms with Crippen molar-refractivity contribution in [2.75, 3.05) is 10.6 Å². The van der Waals surface area contributed by atoms with Gasteiger partial charge < -0.3 is 15.1 Å². The van der Waals surface area contributed by atoms with Gasteiger partial charge in [0.1, 0.15) is 11.8 Å². The van der Waals surface area contributed by atoms with Crippen LogP contribution in [0, 0.1) is 11.3 Å². The first-order valence-corrected chi connectivity index (χ1v) is 10.6. The zero-order valence-corrected chi connectivity index (χ0v) is 16.9. The molecule has 1 atom stereocenters. The molecule has 0 spiro atoms. The number of nitriles is 1. The average molecular weight is 424 g/mol. The summed E-state index contributed by atoms with van der Waals surface area (Å²) in [7, 11) is -3.75. The van der Waals surface area contributed by atoms with Gasteiger partial charge in [-0.25, -0.2) is 13.1 Å². The number of nitrogens with one attached hydrogen (secondary N) is 3. The van der Waals surface area contributed by atoms with Gasteiger partial charge in [0.05, 0.1) is 29.3 Å². The van der Waals surface area contributed by atoms with Gasteiger partial charge >= 0.3 is 0 Å². The Morgan fingerprint density at radius 3 is 2.60 bits per heavy atom. The molecule has 1 unspecified atom stereocenters. The summed E-state index contributed by atoms with van der Waals surface area (Å²) in [6.45, 7) is 1.69.